The van der Waals surface area contributed by atoms with Gasteiger partial charge in [-0.15, -0.1) is 0 Å². The number of ether oxygens (including phenoxy) is 2. The number of unbranched alkanes of at least 4 members (excludes halogenated alkanes) is 2. The fraction of sp³-hybridized carbons (Fsp3) is 0.731. The van der Waals surface area contributed by atoms with Crippen molar-refractivity contribution in [1.29, 1.82) is 0 Å². The van der Waals surface area contributed by atoms with Crippen molar-refractivity contribution >= 4 is 5.97 Å². The van der Waals surface area contributed by atoms with E-state index in [1.54, 1.807) is 19.1 Å². The molecule has 1 aromatic rings. The van der Waals surface area contributed by atoms with E-state index in [9.17, 15) is 13.6 Å². The molecule has 1 saturated heterocycles. The topological polar surface area (TPSA) is 35.5 Å². The Bertz CT molecular complexity index is 713. The Balaban J connectivity index is 1.41. The van der Waals surface area contributed by atoms with Gasteiger partial charge in [-0.2, -0.15) is 4.39 Å². The van der Waals surface area contributed by atoms with Crippen molar-refractivity contribution in [2.45, 2.75) is 103 Å². The molecule has 5 heteroatoms. The molecule has 174 valence electrons. The van der Waals surface area contributed by atoms with Crippen LogP contribution >= 0.6 is 0 Å². The zero-order valence-electron chi connectivity index (χ0n) is 19.1. The molecular formula is C26H38F2O3. The van der Waals surface area contributed by atoms with Crippen molar-refractivity contribution in [3.05, 3.63) is 29.3 Å². The molecule has 0 spiro atoms. The second kappa shape index (κ2) is 11.8. The van der Waals surface area contributed by atoms with Gasteiger partial charge in [-0.05, 0) is 88.2 Å². The monoisotopic (exact) mass is 436 g/mol. The highest BCUT2D eigenvalue weighted by Gasteiger charge is 2.31. The maximum Gasteiger partial charge on any atom is 0.309 e. The van der Waals surface area contributed by atoms with Crippen LogP contribution in [0.15, 0.2) is 12.1 Å². The van der Waals surface area contributed by atoms with E-state index in [2.05, 4.69) is 6.92 Å². The number of rotatable bonds is 10. The number of benzene rings is 1. The normalized spacial score (nSPS) is 26.5. The summed E-state index contributed by atoms with van der Waals surface area (Å²) >= 11 is 0. The number of cyclic esters (lactones) is 1. The van der Waals surface area contributed by atoms with Gasteiger partial charge in [-0.25, -0.2) is 4.39 Å². The van der Waals surface area contributed by atoms with Gasteiger partial charge in [0.25, 0.3) is 0 Å². The number of hydrogen-bond donors (Lipinski definition) is 0. The van der Waals surface area contributed by atoms with Gasteiger partial charge >= 0.3 is 5.97 Å². The molecule has 0 amide bonds. The Kier molecular flexibility index (Phi) is 9.15. The molecule has 1 heterocycles. The van der Waals surface area contributed by atoms with Gasteiger partial charge in [0.2, 0.25) is 5.82 Å². The number of halogens is 2. The summed E-state index contributed by atoms with van der Waals surface area (Å²) in [6.45, 7) is 4.25. The minimum atomic E-state index is -0.867. The molecule has 2 unspecified atom stereocenters. The number of esters is 1. The minimum absolute atomic E-state index is 0.00376. The first-order valence-electron chi connectivity index (χ1n) is 12.3. The lowest BCUT2D eigenvalue weighted by Crippen LogP contribution is -2.31. The molecule has 3 rings (SSSR count). The van der Waals surface area contributed by atoms with Crippen LogP contribution in [0.4, 0.5) is 8.78 Å². The van der Waals surface area contributed by atoms with Crippen LogP contribution < -0.4 is 4.74 Å². The van der Waals surface area contributed by atoms with Crippen LogP contribution in [0.1, 0.15) is 102 Å². The summed E-state index contributed by atoms with van der Waals surface area (Å²) in [5, 5.41) is 0. The lowest BCUT2D eigenvalue weighted by atomic mass is 9.76. The quantitative estimate of drug-likeness (QED) is 0.285. The van der Waals surface area contributed by atoms with Gasteiger partial charge < -0.3 is 9.47 Å². The zero-order chi connectivity index (χ0) is 22.2. The summed E-state index contributed by atoms with van der Waals surface area (Å²) in [7, 11) is 0. The second-order valence-electron chi connectivity index (χ2n) is 9.34. The van der Waals surface area contributed by atoms with Gasteiger partial charge in [-0.1, -0.05) is 32.3 Å². The molecule has 2 aliphatic rings. The van der Waals surface area contributed by atoms with E-state index < -0.39 is 11.6 Å². The van der Waals surface area contributed by atoms with Crippen LogP contribution in [-0.2, 0) is 9.53 Å². The summed E-state index contributed by atoms with van der Waals surface area (Å²) in [6, 6.07) is 3.24. The van der Waals surface area contributed by atoms with Crippen LogP contribution in [-0.4, -0.2) is 18.7 Å². The molecule has 2 atom stereocenters. The SMILES string of the molecule is CCCCCC1CCC(CCC2CCC(c3ccc(OCC)c(F)c3F)CC2)OC1=O. The molecule has 1 saturated carbocycles. The summed E-state index contributed by atoms with van der Waals surface area (Å²) in [5.41, 5.74) is 0.481. The van der Waals surface area contributed by atoms with Gasteiger partial charge in [0, 0.05) is 0 Å². The largest absolute Gasteiger partial charge is 0.491 e. The molecule has 1 aliphatic carbocycles. The van der Waals surface area contributed by atoms with Crippen LogP contribution in [0.5, 0.6) is 5.75 Å². The average molecular weight is 437 g/mol. The summed E-state index contributed by atoms with van der Waals surface area (Å²) in [5.74, 6) is -0.880. The van der Waals surface area contributed by atoms with E-state index in [4.69, 9.17) is 9.47 Å². The third-order valence-corrected chi connectivity index (χ3v) is 7.17. The first kappa shape index (κ1) is 24.0. The highest BCUT2D eigenvalue weighted by atomic mass is 19.2. The third-order valence-electron chi connectivity index (χ3n) is 7.17. The van der Waals surface area contributed by atoms with E-state index in [0.717, 1.165) is 64.2 Å². The molecule has 3 nitrogen and oxygen atoms in total. The average Bonchev–Trinajstić information content (AvgIpc) is 2.78. The molecule has 0 bridgehead atoms. The standard InChI is InChI=1S/C26H38F2O3/c1-3-5-6-7-20-13-15-21(31-26(20)29)14-10-18-8-11-19(12-9-18)22-16-17-23(30-4-2)25(28)24(22)27/h16-21H,3-15H2,1-2H3. The predicted molar refractivity (Wildman–Crippen MR) is 118 cm³/mol. The van der Waals surface area contributed by atoms with Crippen LogP contribution in [0.3, 0.4) is 0 Å². The van der Waals surface area contributed by atoms with Crippen molar-refractivity contribution in [3.8, 4) is 5.75 Å². The summed E-state index contributed by atoms with van der Waals surface area (Å²) in [4.78, 5) is 12.3. The van der Waals surface area contributed by atoms with E-state index >= 15 is 0 Å². The molecule has 0 radical (unpaired) electrons. The number of carbonyl (C=O) groups excluding carboxylic acids is 1. The highest BCUT2D eigenvalue weighted by molar-refractivity contribution is 5.73. The van der Waals surface area contributed by atoms with Crippen molar-refractivity contribution in [1.82, 2.24) is 0 Å². The Morgan fingerprint density at radius 2 is 1.71 bits per heavy atom. The van der Waals surface area contributed by atoms with E-state index in [-0.39, 0.29) is 29.7 Å². The van der Waals surface area contributed by atoms with Crippen molar-refractivity contribution in [2.75, 3.05) is 6.61 Å². The van der Waals surface area contributed by atoms with E-state index in [1.807, 2.05) is 0 Å². The third kappa shape index (κ3) is 6.43. The number of hydrogen-bond acceptors (Lipinski definition) is 3. The molecule has 31 heavy (non-hydrogen) atoms. The lowest BCUT2D eigenvalue weighted by Gasteiger charge is -2.32. The van der Waals surface area contributed by atoms with Crippen LogP contribution in [0, 0.1) is 23.5 Å². The van der Waals surface area contributed by atoms with Crippen LogP contribution in [0.2, 0.25) is 0 Å². The summed E-state index contributed by atoms with van der Waals surface area (Å²) < 4.78 is 39.6. The first-order chi connectivity index (χ1) is 15.0. The fourth-order valence-corrected chi connectivity index (χ4v) is 5.24. The fourth-order valence-electron chi connectivity index (χ4n) is 5.24. The molecular weight excluding hydrogens is 398 g/mol. The van der Waals surface area contributed by atoms with Gasteiger partial charge in [0.15, 0.2) is 11.6 Å². The second-order valence-corrected chi connectivity index (χ2v) is 9.34. The van der Waals surface area contributed by atoms with Gasteiger partial charge in [0.05, 0.1) is 12.5 Å². The van der Waals surface area contributed by atoms with Gasteiger partial charge in [-0.3, -0.25) is 4.79 Å². The van der Waals surface area contributed by atoms with Crippen molar-refractivity contribution in [3.63, 3.8) is 0 Å². The highest BCUT2D eigenvalue weighted by Crippen LogP contribution is 2.40. The molecule has 1 aromatic carbocycles. The predicted octanol–water partition coefficient (Wildman–Crippen LogP) is 7.32. The first-order valence-corrected chi connectivity index (χ1v) is 12.3. The van der Waals surface area contributed by atoms with E-state index in [0.29, 0.717) is 18.1 Å². The Labute approximate surface area is 185 Å². The summed E-state index contributed by atoms with van der Waals surface area (Å²) in [6.07, 6.45) is 12.2. The number of carbonyl (C=O) groups is 1. The van der Waals surface area contributed by atoms with Crippen molar-refractivity contribution < 1.29 is 23.0 Å². The van der Waals surface area contributed by atoms with Gasteiger partial charge in [0.1, 0.15) is 6.10 Å². The Morgan fingerprint density at radius 1 is 0.935 bits per heavy atom. The van der Waals surface area contributed by atoms with Crippen LogP contribution in [0.25, 0.3) is 0 Å². The van der Waals surface area contributed by atoms with Crippen molar-refractivity contribution in [2.24, 2.45) is 11.8 Å². The molecule has 0 N–H and O–H groups in total. The maximum atomic E-state index is 14.5. The maximum absolute atomic E-state index is 14.5. The Hall–Kier alpha value is -1.65. The smallest absolute Gasteiger partial charge is 0.309 e. The molecule has 1 aliphatic heterocycles. The van der Waals surface area contributed by atoms with E-state index in [1.165, 1.54) is 12.8 Å². The molecule has 0 aromatic heterocycles. The lowest BCUT2D eigenvalue weighted by molar-refractivity contribution is -0.161. The molecule has 2 fully saturated rings. The Morgan fingerprint density at radius 3 is 2.39 bits per heavy atom. The zero-order valence-corrected chi connectivity index (χ0v) is 19.1. The minimum Gasteiger partial charge on any atom is -0.491 e.